The molecule has 1 heterocycles. The van der Waals surface area contributed by atoms with Crippen LogP contribution < -0.4 is 11.3 Å². The third-order valence-corrected chi connectivity index (χ3v) is 3.15. The van der Waals surface area contributed by atoms with Gasteiger partial charge in [-0.25, -0.2) is 9.37 Å². The van der Waals surface area contributed by atoms with E-state index in [9.17, 15) is 9.18 Å². The summed E-state index contributed by atoms with van der Waals surface area (Å²) in [6, 6.07) is 11.5. The third kappa shape index (κ3) is 2.14. The number of benzene rings is 2. The molecule has 4 nitrogen and oxygen atoms in total. The van der Waals surface area contributed by atoms with Gasteiger partial charge in [-0.05, 0) is 24.3 Å². The van der Waals surface area contributed by atoms with Gasteiger partial charge in [0.2, 0.25) is 0 Å². The van der Waals surface area contributed by atoms with Crippen LogP contribution in [0.1, 0.15) is 5.56 Å². The lowest BCUT2D eigenvalue weighted by atomic mass is 10.2. The maximum atomic E-state index is 13.8. The van der Waals surface area contributed by atoms with Crippen LogP contribution in [0.5, 0.6) is 0 Å². The van der Waals surface area contributed by atoms with Crippen LogP contribution >= 0.6 is 0 Å². The average molecular weight is 269 g/mol. The van der Waals surface area contributed by atoms with E-state index in [1.165, 1.54) is 17.0 Å². The minimum Gasteiger partial charge on any atom is -0.399 e. The first-order chi connectivity index (χ1) is 9.65. The van der Waals surface area contributed by atoms with Gasteiger partial charge in [0.15, 0.2) is 0 Å². The Balaban J connectivity index is 2.07. The highest BCUT2D eigenvalue weighted by Gasteiger charge is 2.07. The number of nitrogen functional groups attached to an aromatic ring is 1. The van der Waals surface area contributed by atoms with Gasteiger partial charge < -0.3 is 5.73 Å². The van der Waals surface area contributed by atoms with E-state index in [1.54, 1.807) is 30.3 Å². The second-order valence-electron chi connectivity index (χ2n) is 4.55. The molecule has 0 radical (unpaired) electrons. The predicted molar refractivity (Wildman–Crippen MR) is 75.9 cm³/mol. The van der Waals surface area contributed by atoms with Crippen LogP contribution in [0.2, 0.25) is 0 Å². The molecule has 0 aliphatic rings. The van der Waals surface area contributed by atoms with Gasteiger partial charge in [0.1, 0.15) is 5.82 Å². The van der Waals surface area contributed by atoms with E-state index in [0.29, 0.717) is 22.2 Å². The summed E-state index contributed by atoms with van der Waals surface area (Å²) in [5, 5.41) is 0.519. The van der Waals surface area contributed by atoms with E-state index in [0.717, 1.165) is 0 Å². The largest absolute Gasteiger partial charge is 0.399 e. The van der Waals surface area contributed by atoms with Crippen molar-refractivity contribution in [3.8, 4) is 0 Å². The summed E-state index contributed by atoms with van der Waals surface area (Å²) in [6.07, 6.45) is 1.43. The molecule has 0 unspecified atom stereocenters. The number of nitrogens with two attached hydrogens (primary N) is 1. The number of halogens is 1. The van der Waals surface area contributed by atoms with Crippen molar-refractivity contribution in [2.24, 2.45) is 0 Å². The van der Waals surface area contributed by atoms with Crippen molar-refractivity contribution < 1.29 is 4.39 Å². The van der Waals surface area contributed by atoms with Gasteiger partial charge in [0.05, 0.1) is 23.8 Å². The number of hydrogen-bond acceptors (Lipinski definition) is 3. The molecule has 2 N–H and O–H groups in total. The minimum absolute atomic E-state index is 0.128. The molecular formula is C15H12FN3O. The number of para-hydroxylation sites is 1. The van der Waals surface area contributed by atoms with Crippen molar-refractivity contribution in [3.63, 3.8) is 0 Å². The molecule has 2 aromatic carbocycles. The number of hydrogen-bond donors (Lipinski definition) is 1. The molecule has 3 aromatic rings. The number of anilines is 1. The molecule has 0 amide bonds. The summed E-state index contributed by atoms with van der Waals surface area (Å²) in [4.78, 5) is 16.5. The van der Waals surface area contributed by atoms with Crippen molar-refractivity contribution in [2.75, 3.05) is 5.73 Å². The Labute approximate surface area is 114 Å². The summed E-state index contributed by atoms with van der Waals surface area (Å²) < 4.78 is 15.2. The van der Waals surface area contributed by atoms with Gasteiger partial charge in [-0.1, -0.05) is 18.2 Å². The predicted octanol–water partition coefficient (Wildman–Crippen LogP) is 2.17. The Morgan fingerprint density at radius 2 is 2.00 bits per heavy atom. The molecule has 0 spiro atoms. The lowest BCUT2D eigenvalue weighted by Gasteiger charge is -2.08. The minimum atomic E-state index is -0.426. The molecule has 0 fully saturated rings. The van der Waals surface area contributed by atoms with E-state index >= 15 is 0 Å². The maximum absolute atomic E-state index is 13.8. The van der Waals surface area contributed by atoms with Crippen LogP contribution in [0.15, 0.2) is 53.6 Å². The van der Waals surface area contributed by atoms with E-state index in [-0.39, 0.29) is 12.1 Å². The molecule has 100 valence electrons. The quantitative estimate of drug-likeness (QED) is 0.725. The summed E-state index contributed by atoms with van der Waals surface area (Å²) in [7, 11) is 0. The zero-order valence-corrected chi connectivity index (χ0v) is 10.6. The zero-order valence-electron chi connectivity index (χ0n) is 10.6. The number of aromatic nitrogens is 2. The fourth-order valence-electron chi connectivity index (χ4n) is 2.09. The molecule has 20 heavy (non-hydrogen) atoms. The number of fused-ring (bicyclic) bond motifs is 1. The third-order valence-electron chi connectivity index (χ3n) is 3.15. The molecule has 0 aliphatic carbocycles. The molecule has 3 rings (SSSR count). The average Bonchev–Trinajstić information content (AvgIpc) is 2.45. The van der Waals surface area contributed by atoms with Gasteiger partial charge in [-0.3, -0.25) is 9.36 Å². The molecule has 0 atom stereocenters. The van der Waals surface area contributed by atoms with Crippen molar-refractivity contribution in [1.82, 2.24) is 9.55 Å². The smallest absolute Gasteiger partial charge is 0.261 e. The lowest BCUT2D eigenvalue weighted by Crippen LogP contribution is -2.21. The Hall–Kier alpha value is -2.69. The van der Waals surface area contributed by atoms with Gasteiger partial charge in [-0.2, -0.15) is 0 Å². The summed E-state index contributed by atoms with van der Waals surface area (Å²) in [6.45, 7) is 0.128. The Morgan fingerprint density at radius 3 is 2.80 bits per heavy atom. The molecule has 0 aliphatic heterocycles. The Kier molecular flexibility index (Phi) is 2.95. The fourth-order valence-corrected chi connectivity index (χ4v) is 2.09. The van der Waals surface area contributed by atoms with Crippen molar-refractivity contribution in [1.29, 1.82) is 0 Å². The highest BCUT2D eigenvalue weighted by atomic mass is 19.1. The van der Waals surface area contributed by atoms with Gasteiger partial charge >= 0.3 is 0 Å². The van der Waals surface area contributed by atoms with E-state index < -0.39 is 5.82 Å². The second kappa shape index (κ2) is 4.77. The van der Waals surface area contributed by atoms with Crippen LogP contribution in [0.4, 0.5) is 10.1 Å². The first-order valence-corrected chi connectivity index (χ1v) is 6.13. The molecule has 1 aromatic heterocycles. The molecule has 0 bridgehead atoms. The van der Waals surface area contributed by atoms with Crippen LogP contribution in [0, 0.1) is 5.82 Å². The molecule has 0 saturated heterocycles. The van der Waals surface area contributed by atoms with Crippen molar-refractivity contribution in [3.05, 3.63) is 70.5 Å². The van der Waals surface area contributed by atoms with Crippen LogP contribution in [-0.2, 0) is 6.54 Å². The SMILES string of the molecule is Nc1ccc(Cn2cnc3ccccc3c2=O)c(F)c1. The summed E-state index contributed by atoms with van der Waals surface area (Å²) >= 11 is 0. The Morgan fingerprint density at radius 1 is 1.20 bits per heavy atom. The standard InChI is InChI=1S/C15H12FN3O/c16-13-7-11(17)6-5-10(13)8-19-9-18-14-4-2-1-3-12(14)15(19)20/h1-7,9H,8,17H2. The highest BCUT2D eigenvalue weighted by molar-refractivity contribution is 5.76. The lowest BCUT2D eigenvalue weighted by molar-refractivity contribution is 0.596. The van der Waals surface area contributed by atoms with E-state index in [1.807, 2.05) is 6.07 Å². The molecular weight excluding hydrogens is 257 g/mol. The monoisotopic (exact) mass is 269 g/mol. The normalized spacial score (nSPS) is 10.8. The maximum Gasteiger partial charge on any atom is 0.261 e. The molecule has 0 saturated carbocycles. The van der Waals surface area contributed by atoms with E-state index in [2.05, 4.69) is 4.98 Å². The molecule has 5 heteroatoms. The van der Waals surface area contributed by atoms with Gasteiger partial charge in [-0.15, -0.1) is 0 Å². The zero-order chi connectivity index (χ0) is 14.1. The summed E-state index contributed by atoms with van der Waals surface area (Å²) in [5.74, 6) is -0.426. The van der Waals surface area contributed by atoms with Gasteiger partial charge in [0.25, 0.3) is 5.56 Å². The van der Waals surface area contributed by atoms with E-state index in [4.69, 9.17) is 5.73 Å². The van der Waals surface area contributed by atoms with Crippen molar-refractivity contribution in [2.45, 2.75) is 6.54 Å². The van der Waals surface area contributed by atoms with Crippen LogP contribution in [0.25, 0.3) is 10.9 Å². The van der Waals surface area contributed by atoms with Crippen molar-refractivity contribution >= 4 is 16.6 Å². The first kappa shape index (κ1) is 12.3. The fraction of sp³-hybridized carbons (Fsp3) is 0.0667. The summed E-state index contributed by atoms with van der Waals surface area (Å²) in [5.41, 5.74) is 6.71. The topological polar surface area (TPSA) is 60.9 Å². The van der Waals surface area contributed by atoms with Crippen LogP contribution in [-0.4, -0.2) is 9.55 Å². The number of rotatable bonds is 2. The Bertz CT molecular complexity index is 842. The second-order valence-corrected chi connectivity index (χ2v) is 4.55. The highest BCUT2D eigenvalue weighted by Crippen LogP contribution is 2.13. The first-order valence-electron chi connectivity index (χ1n) is 6.13. The van der Waals surface area contributed by atoms with Crippen LogP contribution in [0.3, 0.4) is 0 Å². The number of nitrogens with zero attached hydrogens (tertiary/aromatic N) is 2. The van der Waals surface area contributed by atoms with Gasteiger partial charge in [0, 0.05) is 11.3 Å².